The molecule has 1 saturated heterocycles. The molecule has 1 aromatic carbocycles. The lowest BCUT2D eigenvalue weighted by atomic mass is 10.0. The molecule has 1 aliphatic heterocycles. The first-order valence-electron chi connectivity index (χ1n) is 7.42. The van der Waals surface area contributed by atoms with Crippen molar-refractivity contribution in [3.8, 4) is 0 Å². The van der Waals surface area contributed by atoms with Gasteiger partial charge in [0.15, 0.2) is 0 Å². The summed E-state index contributed by atoms with van der Waals surface area (Å²) in [5, 5.41) is 9.62. The SMILES string of the molecule is CC(O)CC1CCCCCN1Cc1cc(F)ccc1F. The van der Waals surface area contributed by atoms with E-state index in [0.29, 0.717) is 18.5 Å². The molecular formula is C16H23F2NO. The van der Waals surface area contributed by atoms with Gasteiger partial charge in [0.05, 0.1) is 6.10 Å². The third-order valence-electron chi connectivity index (χ3n) is 3.99. The van der Waals surface area contributed by atoms with Crippen LogP contribution in [0.15, 0.2) is 18.2 Å². The maximum atomic E-state index is 13.8. The van der Waals surface area contributed by atoms with Gasteiger partial charge in [-0.2, -0.15) is 0 Å². The van der Waals surface area contributed by atoms with Crippen molar-refractivity contribution in [2.24, 2.45) is 0 Å². The van der Waals surface area contributed by atoms with Gasteiger partial charge >= 0.3 is 0 Å². The third kappa shape index (κ3) is 4.25. The third-order valence-corrected chi connectivity index (χ3v) is 3.99. The molecule has 2 rings (SSSR count). The van der Waals surface area contributed by atoms with Gasteiger partial charge in [0.1, 0.15) is 11.6 Å². The summed E-state index contributed by atoms with van der Waals surface area (Å²) >= 11 is 0. The first kappa shape index (κ1) is 15.4. The van der Waals surface area contributed by atoms with Crippen molar-refractivity contribution in [1.29, 1.82) is 0 Å². The monoisotopic (exact) mass is 283 g/mol. The first-order valence-corrected chi connectivity index (χ1v) is 7.42. The minimum absolute atomic E-state index is 0.250. The van der Waals surface area contributed by atoms with Gasteiger partial charge in [0, 0.05) is 18.2 Å². The number of benzene rings is 1. The van der Waals surface area contributed by atoms with E-state index in [1.54, 1.807) is 6.92 Å². The zero-order valence-corrected chi connectivity index (χ0v) is 12.0. The Labute approximate surface area is 119 Å². The average molecular weight is 283 g/mol. The van der Waals surface area contributed by atoms with Crippen LogP contribution in [0.2, 0.25) is 0 Å². The van der Waals surface area contributed by atoms with Crippen LogP contribution in [0.25, 0.3) is 0 Å². The van der Waals surface area contributed by atoms with Crippen LogP contribution in [0, 0.1) is 11.6 Å². The number of likely N-dealkylation sites (tertiary alicyclic amines) is 1. The van der Waals surface area contributed by atoms with Crippen LogP contribution in [0.1, 0.15) is 44.6 Å². The molecule has 1 heterocycles. The minimum Gasteiger partial charge on any atom is -0.393 e. The number of halogens is 2. The second-order valence-corrected chi connectivity index (χ2v) is 5.79. The van der Waals surface area contributed by atoms with Crippen LogP contribution >= 0.6 is 0 Å². The summed E-state index contributed by atoms with van der Waals surface area (Å²) in [6.45, 7) is 3.08. The van der Waals surface area contributed by atoms with Gasteiger partial charge in [-0.3, -0.25) is 4.90 Å². The lowest BCUT2D eigenvalue weighted by molar-refractivity contribution is 0.107. The Morgan fingerprint density at radius 1 is 1.30 bits per heavy atom. The summed E-state index contributed by atoms with van der Waals surface area (Å²) in [7, 11) is 0. The van der Waals surface area contributed by atoms with Crippen molar-refractivity contribution < 1.29 is 13.9 Å². The molecule has 2 atom stereocenters. The quantitative estimate of drug-likeness (QED) is 0.914. The van der Waals surface area contributed by atoms with Gasteiger partial charge < -0.3 is 5.11 Å². The van der Waals surface area contributed by atoms with Crippen LogP contribution in [-0.4, -0.2) is 28.7 Å². The van der Waals surface area contributed by atoms with Crippen LogP contribution in [0.3, 0.4) is 0 Å². The molecule has 0 aliphatic carbocycles. The summed E-state index contributed by atoms with van der Waals surface area (Å²) in [6.07, 6.45) is 4.72. The zero-order chi connectivity index (χ0) is 14.5. The molecule has 1 N–H and O–H groups in total. The summed E-state index contributed by atoms with van der Waals surface area (Å²) in [5.41, 5.74) is 0.405. The van der Waals surface area contributed by atoms with E-state index in [1.165, 1.54) is 18.6 Å². The van der Waals surface area contributed by atoms with Gasteiger partial charge in [-0.15, -0.1) is 0 Å². The summed E-state index contributed by atoms with van der Waals surface area (Å²) in [4.78, 5) is 2.19. The van der Waals surface area contributed by atoms with E-state index in [9.17, 15) is 13.9 Å². The number of hydrogen-bond donors (Lipinski definition) is 1. The zero-order valence-electron chi connectivity index (χ0n) is 12.0. The Morgan fingerprint density at radius 3 is 2.85 bits per heavy atom. The van der Waals surface area contributed by atoms with Crippen LogP contribution in [0.4, 0.5) is 8.78 Å². The number of rotatable bonds is 4. The number of hydrogen-bond acceptors (Lipinski definition) is 2. The second kappa shape index (κ2) is 7.14. The van der Waals surface area contributed by atoms with Crippen molar-refractivity contribution in [3.63, 3.8) is 0 Å². The van der Waals surface area contributed by atoms with Crippen molar-refractivity contribution in [3.05, 3.63) is 35.4 Å². The molecule has 0 saturated carbocycles. The highest BCUT2D eigenvalue weighted by molar-refractivity contribution is 5.18. The molecule has 1 fully saturated rings. The Morgan fingerprint density at radius 2 is 2.10 bits per heavy atom. The van der Waals surface area contributed by atoms with Crippen molar-refractivity contribution in [2.45, 2.75) is 57.7 Å². The molecule has 1 aromatic rings. The molecule has 20 heavy (non-hydrogen) atoms. The molecule has 2 nitrogen and oxygen atoms in total. The van der Waals surface area contributed by atoms with Gasteiger partial charge in [-0.1, -0.05) is 12.8 Å². The predicted molar refractivity (Wildman–Crippen MR) is 75.3 cm³/mol. The van der Waals surface area contributed by atoms with E-state index in [0.717, 1.165) is 31.9 Å². The predicted octanol–water partition coefficient (Wildman–Crippen LogP) is 3.48. The maximum Gasteiger partial charge on any atom is 0.127 e. The number of nitrogens with zero attached hydrogens (tertiary/aromatic N) is 1. The van der Waals surface area contributed by atoms with E-state index in [1.807, 2.05) is 0 Å². The fourth-order valence-electron chi connectivity index (χ4n) is 2.99. The minimum atomic E-state index is -0.400. The highest BCUT2D eigenvalue weighted by atomic mass is 19.1. The maximum absolute atomic E-state index is 13.8. The van der Waals surface area contributed by atoms with Crippen LogP contribution < -0.4 is 0 Å². The molecule has 1 aliphatic rings. The lowest BCUT2D eigenvalue weighted by Gasteiger charge is -2.31. The largest absolute Gasteiger partial charge is 0.393 e. The Hall–Kier alpha value is -1.00. The molecule has 0 amide bonds. The first-order chi connectivity index (χ1) is 9.56. The molecule has 0 aromatic heterocycles. The number of aliphatic hydroxyl groups is 1. The topological polar surface area (TPSA) is 23.5 Å². The van der Waals surface area contributed by atoms with E-state index in [2.05, 4.69) is 4.90 Å². The molecule has 2 unspecified atom stereocenters. The average Bonchev–Trinajstić information content (AvgIpc) is 2.59. The summed E-state index contributed by atoms with van der Waals surface area (Å²) in [6, 6.07) is 3.86. The molecule has 0 radical (unpaired) electrons. The Kier molecular flexibility index (Phi) is 5.49. The van der Waals surface area contributed by atoms with Gasteiger partial charge in [-0.05, 0) is 50.9 Å². The van der Waals surface area contributed by atoms with E-state index in [-0.39, 0.29) is 18.0 Å². The fraction of sp³-hybridized carbons (Fsp3) is 0.625. The Bertz CT molecular complexity index is 436. The van der Waals surface area contributed by atoms with Crippen molar-refractivity contribution >= 4 is 0 Å². The van der Waals surface area contributed by atoms with E-state index >= 15 is 0 Å². The molecule has 0 spiro atoms. The number of aliphatic hydroxyl groups excluding tert-OH is 1. The standard InChI is InChI=1S/C16H23F2NO/c1-12(20)9-15-5-3-2-4-8-19(15)11-13-10-14(17)6-7-16(13)18/h6-7,10,12,15,20H,2-5,8-9,11H2,1H3. The van der Waals surface area contributed by atoms with E-state index in [4.69, 9.17) is 0 Å². The highest BCUT2D eigenvalue weighted by Gasteiger charge is 2.23. The highest BCUT2D eigenvalue weighted by Crippen LogP contribution is 2.23. The van der Waals surface area contributed by atoms with Crippen LogP contribution in [0.5, 0.6) is 0 Å². The Balaban J connectivity index is 2.12. The summed E-state index contributed by atoms with van der Waals surface area (Å²) in [5.74, 6) is -0.755. The smallest absolute Gasteiger partial charge is 0.127 e. The molecule has 0 bridgehead atoms. The van der Waals surface area contributed by atoms with Crippen LogP contribution in [-0.2, 0) is 6.54 Å². The van der Waals surface area contributed by atoms with Gasteiger partial charge in [0.2, 0.25) is 0 Å². The summed E-state index contributed by atoms with van der Waals surface area (Å²) < 4.78 is 27.0. The van der Waals surface area contributed by atoms with Gasteiger partial charge in [-0.25, -0.2) is 8.78 Å². The second-order valence-electron chi connectivity index (χ2n) is 5.79. The lowest BCUT2D eigenvalue weighted by Crippen LogP contribution is -2.36. The molecule has 112 valence electrons. The van der Waals surface area contributed by atoms with Crippen molar-refractivity contribution in [2.75, 3.05) is 6.54 Å². The molecular weight excluding hydrogens is 260 g/mol. The van der Waals surface area contributed by atoms with Crippen molar-refractivity contribution in [1.82, 2.24) is 4.90 Å². The van der Waals surface area contributed by atoms with E-state index < -0.39 is 5.82 Å². The fourth-order valence-corrected chi connectivity index (χ4v) is 2.99. The molecule has 4 heteroatoms. The normalized spacial score (nSPS) is 22.5. The van der Waals surface area contributed by atoms with Gasteiger partial charge in [0.25, 0.3) is 0 Å².